The van der Waals surface area contributed by atoms with Crippen LogP contribution in [0.2, 0.25) is 0 Å². The fraction of sp³-hybridized carbons (Fsp3) is 0.588. The van der Waals surface area contributed by atoms with E-state index in [0.29, 0.717) is 6.04 Å². The second-order valence-corrected chi connectivity index (χ2v) is 6.13. The highest BCUT2D eigenvalue weighted by Gasteiger charge is 2.35. The molecule has 1 aromatic carbocycles. The van der Waals surface area contributed by atoms with Crippen LogP contribution >= 0.6 is 0 Å². The van der Waals surface area contributed by atoms with Gasteiger partial charge in [-0.3, -0.25) is 4.79 Å². The average molecular weight is 274 g/mol. The van der Waals surface area contributed by atoms with Gasteiger partial charge >= 0.3 is 0 Å². The Balaban J connectivity index is 2.12. The summed E-state index contributed by atoms with van der Waals surface area (Å²) in [6, 6.07) is 10.0. The molecule has 0 aromatic heterocycles. The minimum atomic E-state index is -0.942. The lowest BCUT2D eigenvalue weighted by Crippen LogP contribution is -2.52. The lowest BCUT2D eigenvalue weighted by molar-refractivity contribution is -0.137. The topological polar surface area (TPSA) is 46.3 Å². The molecule has 3 heteroatoms. The lowest BCUT2D eigenvalue weighted by Gasteiger charge is -2.34. The Kier molecular flexibility index (Phi) is 4.81. The standard InChI is InChI=1S/C17H26N2O/c1-17(18,14-10-6-5-7-11-14)16(20)19(2)15-12-8-3-4-9-13-15/h5-7,10-11,15H,3-4,8-9,12-13,18H2,1-2H3. The third kappa shape index (κ3) is 3.21. The second kappa shape index (κ2) is 6.40. The van der Waals surface area contributed by atoms with Gasteiger partial charge in [-0.1, -0.05) is 56.0 Å². The molecule has 2 N–H and O–H groups in total. The smallest absolute Gasteiger partial charge is 0.246 e. The first-order valence-corrected chi connectivity index (χ1v) is 7.65. The van der Waals surface area contributed by atoms with Crippen molar-refractivity contribution in [2.24, 2.45) is 5.73 Å². The highest BCUT2D eigenvalue weighted by atomic mass is 16.2. The number of amides is 1. The highest BCUT2D eigenvalue weighted by molar-refractivity contribution is 5.87. The van der Waals surface area contributed by atoms with Gasteiger partial charge in [-0.2, -0.15) is 0 Å². The van der Waals surface area contributed by atoms with Crippen LogP contribution in [-0.2, 0) is 10.3 Å². The number of hydrogen-bond donors (Lipinski definition) is 1. The Labute approximate surface area is 122 Å². The molecule has 0 saturated heterocycles. The van der Waals surface area contributed by atoms with Crippen LogP contribution in [0.4, 0.5) is 0 Å². The average Bonchev–Trinajstić information content (AvgIpc) is 2.75. The van der Waals surface area contributed by atoms with Crippen LogP contribution in [-0.4, -0.2) is 23.9 Å². The van der Waals surface area contributed by atoms with E-state index < -0.39 is 5.54 Å². The summed E-state index contributed by atoms with van der Waals surface area (Å²) in [7, 11) is 1.91. The van der Waals surface area contributed by atoms with Crippen molar-refractivity contribution in [2.45, 2.75) is 57.0 Å². The normalized spacial score (nSPS) is 19.9. The Morgan fingerprint density at radius 3 is 2.25 bits per heavy atom. The number of rotatable bonds is 3. The van der Waals surface area contributed by atoms with Crippen molar-refractivity contribution < 1.29 is 4.79 Å². The molecule has 3 nitrogen and oxygen atoms in total. The second-order valence-electron chi connectivity index (χ2n) is 6.13. The first-order valence-electron chi connectivity index (χ1n) is 7.65. The molecule has 20 heavy (non-hydrogen) atoms. The summed E-state index contributed by atoms with van der Waals surface area (Å²) in [5.41, 5.74) is 6.27. The summed E-state index contributed by atoms with van der Waals surface area (Å²) < 4.78 is 0. The third-order valence-electron chi connectivity index (χ3n) is 4.51. The molecular formula is C17H26N2O. The SMILES string of the molecule is CN(C(=O)C(C)(N)c1ccccc1)C1CCCCCC1. The first kappa shape index (κ1) is 15.0. The van der Waals surface area contributed by atoms with E-state index in [1.807, 2.05) is 49.2 Å². The van der Waals surface area contributed by atoms with E-state index in [1.165, 1.54) is 25.7 Å². The molecule has 1 amide bonds. The van der Waals surface area contributed by atoms with E-state index in [2.05, 4.69) is 0 Å². The Morgan fingerprint density at radius 1 is 1.15 bits per heavy atom. The van der Waals surface area contributed by atoms with Crippen LogP contribution in [0.3, 0.4) is 0 Å². The molecule has 0 aliphatic heterocycles. The summed E-state index contributed by atoms with van der Waals surface area (Å²) in [5.74, 6) is 0.0237. The maximum Gasteiger partial charge on any atom is 0.246 e. The maximum atomic E-state index is 12.8. The zero-order valence-electron chi connectivity index (χ0n) is 12.6. The van der Waals surface area contributed by atoms with Crippen LogP contribution in [0.25, 0.3) is 0 Å². The molecule has 0 spiro atoms. The maximum absolute atomic E-state index is 12.8. The molecule has 0 bridgehead atoms. The van der Waals surface area contributed by atoms with E-state index >= 15 is 0 Å². The van der Waals surface area contributed by atoms with Crippen molar-refractivity contribution >= 4 is 5.91 Å². The fourth-order valence-electron chi connectivity index (χ4n) is 3.09. The largest absolute Gasteiger partial charge is 0.341 e. The van der Waals surface area contributed by atoms with E-state index in [1.54, 1.807) is 0 Å². The van der Waals surface area contributed by atoms with E-state index in [0.717, 1.165) is 18.4 Å². The zero-order valence-corrected chi connectivity index (χ0v) is 12.6. The van der Waals surface area contributed by atoms with E-state index in [-0.39, 0.29) is 5.91 Å². The molecule has 1 aliphatic carbocycles. The van der Waals surface area contributed by atoms with Gasteiger partial charge in [0.25, 0.3) is 0 Å². The quantitative estimate of drug-likeness (QED) is 0.861. The van der Waals surface area contributed by atoms with Gasteiger partial charge in [0.2, 0.25) is 5.91 Å². The summed E-state index contributed by atoms with van der Waals surface area (Å²) in [4.78, 5) is 14.7. The van der Waals surface area contributed by atoms with Crippen molar-refractivity contribution in [1.82, 2.24) is 4.90 Å². The summed E-state index contributed by atoms with van der Waals surface area (Å²) >= 11 is 0. The van der Waals surface area contributed by atoms with Crippen LogP contribution in [0.15, 0.2) is 30.3 Å². The van der Waals surface area contributed by atoms with Gasteiger partial charge in [0.15, 0.2) is 0 Å². The van der Waals surface area contributed by atoms with E-state index in [9.17, 15) is 4.79 Å². The van der Waals surface area contributed by atoms with Crippen LogP contribution in [0, 0.1) is 0 Å². The molecule has 1 aromatic rings. The zero-order chi connectivity index (χ0) is 14.6. The van der Waals surface area contributed by atoms with Gasteiger partial charge in [0, 0.05) is 13.1 Å². The molecule has 1 fully saturated rings. The predicted molar refractivity (Wildman–Crippen MR) is 82.2 cm³/mol. The van der Waals surface area contributed by atoms with Crippen molar-refractivity contribution in [3.63, 3.8) is 0 Å². The molecule has 1 unspecified atom stereocenters. The molecular weight excluding hydrogens is 248 g/mol. The summed E-state index contributed by atoms with van der Waals surface area (Å²) in [6.45, 7) is 1.82. The molecule has 0 radical (unpaired) electrons. The number of carbonyl (C=O) groups is 1. The van der Waals surface area contributed by atoms with Crippen LogP contribution < -0.4 is 5.73 Å². The molecule has 2 rings (SSSR count). The fourth-order valence-corrected chi connectivity index (χ4v) is 3.09. The van der Waals surface area contributed by atoms with Crippen LogP contribution in [0.1, 0.15) is 51.0 Å². The van der Waals surface area contributed by atoms with Gasteiger partial charge in [0.1, 0.15) is 5.54 Å². The van der Waals surface area contributed by atoms with Crippen molar-refractivity contribution in [1.29, 1.82) is 0 Å². The van der Waals surface area contributed by atoms with Crippen molar-refractivity contribution in [3.8, 4) is 0 Å². The Morgan fingerprint density at radius 2 is 1.70 bits per heavy atom. The van der Waals surface area contributed by atoms with Crippen molar-refractivity contribution in [2.75, 3.05) is 7.05 Å². The lowest BCUT2D eigenvalue weighted by atomic mass is 9.90. The van der Waals surface area contributed by atoms with Gasteiger partial charge in [0.05, 0.1) is 0 Å². The molecule has 110 valence electrons. The molecule has 0 heterocycles. The molecule has 1 aliphatic rings. The number of nitrogens with zero attached hydrogens (tertiary/aromatic N) is 1. The third-order valence-corrected chi connectivity index (χ3v) is 4.51. The Bertz CT molecular complexity index is 434. The summed E-state index contributed by atoms with van der Waals surface area (Å²) in [5, 5.41) is 0. The minimum Gasteiger partial charge on any atom is -0.341 e. The Hall–Kier alpha value is -1.35. The van der Waals surface area contributed by atoms with E-state index in [4.69, 9.17) is 5.73 Å². The summed E-state index contributed by atoms with van der Waals surface area (Å²) in [6.07, 6.45) is 7.22. The number of likely N-dealkylation sites (N-methyl/N-ethyl adjacent to an activating group) is 1. The number of hydrogen-bond acceptors (Lipinski definition) is 2. The van der Waals surface area contributed by atoms with Crippen LogP contribution in [0.5, 0.6) is 0 Å². The number of nitrogens with two attached hydrogens (primary N) is 1. The minimum absolute atomic E-state index is 0.0237. The van der Waals surface area contributed by atoms with Gasteiger partial charge in [-0.15, -0.1) is 0 Å². The number of benzene rings is 1. The van der Waals surface area contributed by atoms with Gasteiger partial charge in [-0.25, -0.2) is 0 Å². The molecule has 1 saturated carbocycles. The predicted octanol–water partition coefficient (Wildman–Crippen LogP) is 3.04. The first-order chi connectivity index (χ1) is 9.53. The molecule has 1 atom stereocenters. The number of carbonyl (C=O) groups excluding carboxylic acids is 1. The van der Waals surface area contributed by atoms with Gasteiger partial charge < -0.3 is 10.6 Å². The monoisotopic (exact) mass is 274 g/mol. The highest BCUT2D eigenvalue weighted by Crippen LogP contribution is 2.25. The van der Waals surface area contributed by atoms with Crippen molar-refractivity contribution in [3.05, 3.63) is 35.9 Å². The van der Waals surface area contributed by atoms with Gasteiger partial charge in [-0.05, 0) is 25.3 Å².